The van der Waals surface area contributed by atoms with Gasteiger partial charge in [0.1, 0.15) is 5.82 Å². The van der Waals surface area contributed by atoms with Gasteiger partial charge in [-0.3, -0.25) is 4.79 Å². The molecule has 3 aromatic rings. The summed E-state index contributed by atoms with van der Waals surface area (Å²) in [5.41, 5.74) is 0.873. The molecule has 138 valence electrons. The Morgan fingerprint density at radius 3 is 2.26 bits per heavy atom. The van der Waals surface area contributed by atoms with Crippen molar-refractivity contribution in [2.24, 2.45) is 0 Å². The van der Waals surface area contributed by atoms with Crippen LogP contribution in [0.1, 0.15) is 29.4 Å². The van der Waals surface area contributed by atoms with Gasteiger partial charge in [-0.2, -0.15) is 0 Å². The van der Waals surface area contributed by atoms with Crippen LogP contribution in [0.4, 0.5) is 11.5 Å². The summed E-state index contributed by atoms with van der Waals surface area (Å²) >= 11 is 0. The van der Waals surface area contributed by atoms with E-state index < -0.39 is 5.60 Å². The number of aliphatic hydroxyl groups is 1. The molecule has 3 N–H and O–H groups in total. The highest BCUT2D eigenvalue weighted by atomic mass is 16.3. The van der Waals surface area contributed by atoms with E-state index in [9.17, 15) is 9.90 Å². The number of benzene rings is 2. The third-order valence-electron chi connectivity index (χ3n) is 4.24. The number of anilines is 2. The summed E-state index contributed by atoms with van der Waals surface area (Å²) in [7, 11) is 0. The van der Waals surface area contributed by atoms with Crippen LogP contribution in [0.25, 0.3) is 0 Å². The van der Waals surface area contributed by atoms with Gasteiger partial charge in [-0.25, -0.2) is 0 Å². The number of para-hydroxylation sites is 1. The summed E-state index contributed by atoms with van der Waals surface area (Å²) in [5, 5.41) is 24.5. The van der Waals surface area contributed by atoms with Crippen LogP contribution in [0.15, 0.2) is 72.8 Å². The molecule has 0 saturated heterocycles. The molecule has 0 aliphatic carbocycles. The topological polar surface area (TPSA) is 87.1 Å². The van der Waals surface area contributed by atoms with E-state index in [1.54, 1.807) is 31.2 Å². The van der Waals surface area contributed by atoms with Crippen molar-refractivity contribution in [1.82, 2.24) is 10.2 Å². The van der Waals surface area contributed by atoms with Gasteiger partial charge in [0, 0.05) is 12.2 Å². The Kier molecular flexibility index (Phi) is 5.78. The van der Waals surface area contributed by atoms with Gasteiger partial charge in [0.2, 0.25) is 0 Å². The van der Waals surface area contributed by atoms with E-state index in [2.05, 4.69) is 20.8 Å². The van der Waals surface area contributed by atoms with Gasteiger partial charge in [0.05, 0.1) is 5.60 Å². The largest absolute Gasteiger partial charge is 0.385 e. The molecule has 6 heteroatoms. The quantitative estimate of drug-likeness (QED) is 0.599. The van der Waals surface area contributed by atoms with Gasteiger partial charge in [-0.1, -0.05) is 48.5 Å². The van der Waals surface area contributed by atoms with Crippen LogP contribution >= 0.6 is 0 Å². The van der Waals surface area contributed by atoms with Crippen molar-refractivity contribution in [3.63, 3.8) is 0 Å². The highest BCUT2D eigenvalue weighted by molar-refractivity contribution is 6.02. The number of aromatic nitrogens is 2. The first-order valence-electron chi connectivity index (χ1n) is 8.76. The van der Waals surface area contributed by atoms with Crippen LogP contribution in [0.2, 0.25) is 0 Å². The summed E-state index contributed by atoms with van der Waals surface area (Å²) in [6.45, 7) is 2.30. The van der Waals surface area contributed by atoms with Crippen LogP contribution in [0.5, 0.6) is 0 Å². The molecule has 1 heterocycles. The maximum atomic E-state index is 12.2. The maximum Gasteiger partial charge on any atom is 0.276 e. The zero-order valence-corrected chi connectivity index (χ0v) is 15.1. The molecule has 3 rings (SSSR count). The molecule has 0 radical (unpaired) electrons. The Labute approximate surface area is 158 Å². The van der Waals surface area contributed by atoms with Crippen molar-refractivity contribution in [3.05, 3.63) is 84.1 Å². The minimum atomic E-state index is -0.933. The smallest absolute Gasteiger partial charge is 0.276 e. The minimum absolute atomic E-state index is 0.237. The minimum Gasteiger partial charge on any atom is -0.385 e. The molecule has 0 fully saturated rings. The third kappa shape index (κ3) is 5.12. The number of hydrogen-bond acceptors (Lipinski definition) is 5. The van der Waals surface area contributed by atoms with Gasteiger partial charge in [-0.05, 0) is 43.2 Å². The Bertz CT molecular complexity index is 866. The molecule has 1 atom stereocenters. The summed E-state index contributed by atoms with van der Waals surface area (Å²) in [5.74, 6) is 0.238. The average molecular weight is 362 g/mol. The van der Waals surface area contributed by atoms with Gasteiger partial charge in [0.15, 0.2) is 5.69 Å². The highest BCUT2D eigenvalue weighted by Gasteiger charge is 2.22. The fourth-order valence-electron chi connectivity index (χ4n) is 2.64. The van der Waals surface area contributed by atoms with Crippen molar-refractivity contribution in [2.45, 2.75) is 18.9 Å². The molecule has 2 aromatic carbocycles. The fraction of sp³-hybridized carbons (Fsp3) is 0.190. The second kappa shape index (κ2) is 8.42. The van der Waals surface area contributed by atoms with Crippen LogP contribution in [0.3, 0.4) is 0 Å². The normalized spacial score (nSPS) is 12.8. The van der Waals surface area contributed by atoms with Crippen LogP contribution in [0, 0.1) is 0 Å². The maximum absolute atomic E-state index is 12.2. The van der Waals surface area contributed by atoms with E-state index in [1.165, 1.54) is 0 Å². The van der Waals surface area contributed by atoms with Gasteiger partial charge >= 0.3 is 0 Å². The van der Waals surface area contributed by atoms with E-state index in [0.717, 1.165) is 5.56 Å². The molecule has 6 nitrogen and oxygen atoms in total. The van der Waals surface area contributed by atoms with Crippen molar-refractivity contribution in [2.75, 3.05) is 17.2 Å². The second-order valence-electron chi connectivity index (χ2n) is 6.44. The van der Waals surface area contributed by atoms with Gasteiger partial charge in [0.25, 0.3) is 5.91 Å². The monoisotopic (exact) mass is 362 g/mol. The molecule has 27 heavy (non-hydrogen) atoms. The van der Waals surface area contributed by atoms with Crippen molar-refractivity contribution in [3.8, 4) is 0 Å². The number of carbonyl (C=O) groups excluding carboxylic acids is 1. The lowest BCUT2D eigenvalue weighted by atomic mass is 9.93. The highest BCUT2D eigenvalue weighted by Crippen LogP contribution is 2.23. The average Bonchev–Trinajstić information content (AvgIpc) is 2.70. The van der Waals surface area contributed by atoms with Crippen LogP contribution in [-0.4, -0.2) is 27.8 Å². The Hall–Kier alpha value is -3.25. The first kappa shape index (κ1) is 18.5. The lowest BCUT2D eigenvalue weighted by molar-refractivity contribution is 0.0515. The Morgan fingerprint density at radius 1 is 0.963 bits per heavy atom. The number of rotatable bonds is 7. The Balaban J connectivity index is 1.53. The second-order valence-corrected chi connectivity index (χ2v) is 6.44. The lowest BCUT2D eigenvalue weighted by Crippen LogP contribution is -2.25. The molecule has 1 amide bonds. The summed E-state index contributed by atoms with van der Waals surface area (Å²) < 4.78 is 0. The van der Waals surface area contributed by atoms with E-state index in [1.807, 2.05) is 48.5 Å². The van der Waals surface area contributed by atoms with Crippen molar-refractivity contribution >= 4 is 17.4 Å². The molecule has 0 spiro atoms. The molecule has 0 aliphatic heterocycles. The number of hydrogen-bond donors (Lipinski definition) is 3. The zero-order valence-electron chi connectivity index (χ0n) is 15.1. The lowest BCUT2D eigenvalue weighted by Gasteiger charge is -2.24. The zero-order chi connectivity index (χ0) is 19.1. The number of amides is 1. The number of carbonyl (C=O) groups is 1. The summed E-state index contributed by atoms with van der Waals surface area (Å²) in [6, 6.07) is 22.0. The predicted octanol–water partition coefficient (Wildman–Crippen LogP) is 3.44. The molecule has 0 aliphatic rings. The predicted molar refractivity (Wildman–Crippen MR) is 106 cm³/mol. The molecule has 1 unspecified atom stereocenters. The summed E-state index contributed by atoms with van der Waals surface area (Å²) in [6.07, 6.45) is 0.509. The first-order chi connectivity index (χ1) is 13.0. The van der Waals surface area contributed by atoms with E-state index in [-0.39, 0.29) is 11.6 Å². The molecule has 0 saturated carbocycles. The van der Waals surface area contributed by atoms with E-state index in [4.69, 9.17) is 0 Å². The van der Waals surface area contributed by atoms with Crippen LogP contribution < -0.4 is 10.6 Å². The standard InChI is InChI=1S/C21H22N4O2/c1-21(27,16-8-4-2-5-9-16)14-15-22-19-13-12-18(24-25-19)20(26)23-17-10-6-3-7-11-17/h2-13,27H,14-15H2,1H3,(H,22,25)(H,23,26). The summed E-state index contributed by atoms with van der Waals surface area (Å²) in [4.78, 5) is 12.2. The number of nitrogens with one attached hydrogen (secondary N) is 2. The van der Waals surface area contributed by atoms with Gasteiger partial charge in [-0.15, -0.1) is 10.2 Å². The number of nitrogens with zero attached hydrogens (tertiary/aromatic N) is 2. The van der Waals surface area contributed by atoms with Crippen molar-refractivity contribution < 1.29 is 9.90 Å². The fourth-order valence-corrected chi connectivity index (χ4v) is 2.64. The third-order valence-corrected chi connectivity index (χ3v) is 4.24. The molecular formula is C21H22N4O2. The van der Waals surface area contributed by atoms with E-state index in [0.29, 0.717) is 24.5 Å². The molecule has 0 bridgehead atoms. The van der Waals surface area contributed by atoms with Crippen LogP contribution in [-0.2, 0) is 5.60 Å². The molecule has 1 aromatic heterocycles. The van der Waals surface area contributed by atoms with Gasteiger partial charge < -0.3 is 15.7 Å². The van der Waals surface area contributed by atoms with Crippen molar-refractivity contribution in [1.29, 1.82) is 0 Å². The SMILES string of the molecule is CC(O)(CCNc1ccc(C(=O)Nc2ccccc2)nn1)c1ccccc1. The molecular weight excluding hydrogens is 340 g/mol. The van der Waals surface area contributed by atoms with E-state index >= 15 is 0 Å². The first-order valence-corrected chi connectivity index (χ1v) is 8.76. The Morgan fingerprint density at radius 2 is 1.63 bits per heavy atom.